The molecule has 0 aliphatic rings. The van der Waals surface area contributed by atoms with Crippen LogP contribution in [0.5, 0.6) is 28.7 Å². The Hall–Kier alpha value is -8.63. The van der Waals surface area contributed by atoms with E-state index in [2.05, 4.69) is 144 Å². The number of benzene rings is 11. The van der Waals surface area contributed by atoms with Crippen LogP contribution in [0.3, 0.4) is 0 Å². The van der Waals surface area contributed by atoms with Crippen LogP contribution in [0.2, 0.25) is 0 Å². The summed E-state index contributed by atoms with van der Waals surface area (Å²) >= 11 is 7.55. The van der Waals surface area contributed by atoms with Crippen LogP contribution < -0.4 is 40.9 Å². The SMILES string of the molecule is CCC[I-]C.CCOCCOc1c(-c2cc(C)cc(-n3c4ccccc4c4ccccc43)c2O)cc(C)cc1-c1cc(C)cc(-n2c3ccccc3c3ccccc32)c1O.CCOCCOc1c(Br)cc(C)cc1Br.COCOc1c(B(O)O)cc(C)cc1-n1c2ccccc2c2ccccc21. The van der Waals surface area contributed by atoms with Crippen LogP contribution >= 0.6 is 31.9 Å². The molecule has 0 saturated carbocycles. The number of phenols is 2. The van der Waals surface area contributed by atoms with E-state index in [0.29, 0.717) is 87.1 Å². The number of fused-ring (bicyclic) bond motifs is 9. The summed E-state index contributed by atoms with van der Waals surface area (Å²) < 4.78 is 43.9. The molecule has 102 heavy (non-hydrogen) atoms. The van der Waals surface area contributed by atoms with E-state index in [1.54, 1.807) is 6.07 Å². The average molecular weight is 1610 g/mol. The quantitative estimate of drug-likeness (QED) is 0.0180. The number of nitrogens with zero attached hydrogens (tertiary/aromatic N) is 3. The van der Waals surface area contributed by atoms with Gasteiger partial charge < -0.3 is 62.4 Å². The van der Waals surface area contributed by atoms with E-state index in [1.807, 2.05) is 162 Å². The first-order valence-corrected chi connectivity index (χ1v) is 39.5. The molecule has 0 saturated heterocycles. The largest absolute Gasteiger partial charge is 0.505 e. The third-order valence-corrected chi connectivity index (χ3v) is 20.8. The fourth-order valence-electron chi connectivity index (χ4n) is 13.3. The zero-order valence-electron chi connectivity index (χ0n) is 59.3. The number of methoxy groups -OCH3 is 1. The molecule has 14 rings (SSSR count). The van der Waals surface area contributed by atoms with E-state index >= 15 is 0 Å². The van der Waals surface area contributed by atoms with Crippen molar-refractivity contribution in [1.29, 1.82) is 0 Å². The molecule has 526 valence electrons. The van der Waals surface area contributed by atoms with Crippen molar-refractivity contribution < 1.29 is 69.9 Å². The second-order valence-electron chi connectivity index (χ2n) is 24.9. The van der Waals surface area contributed by atoms with Gasteiger partial charge in [0.1, 0.15) is 42.0 Å². The zero-order valence-corrected chi connectivity index (χ0v) is 64.6. The van der Waals surface area contributed by atoms with Gasteiger partial charge in [-0.15, -0.1) is 0 Å². The van der Waals surface area contributed by atoms with E-state index in [0.717, 1.165) is 126 Å². The molecule has 3 heterocycles. The monoisotopic (exact) mass is 1600 g/mol. The van der Waals surface area contributed by atoms with Crippen molar-refractivity contribution in [3.8, 4) is 68.1 Å². The molecule has 0 unspecified atom stereocenters. The van der Waals surface area contributed by atoms with Crippen molar-refractivity contribution >= 4 is 110 Å². The summed E-state index contributed by atoms with van der Waals surface area (Å²) in [5.41, 5.74) is 16.3. The number of aryl methyl sites for hydroxylation is 5. The van der Waals surface area contributed by atoms with Crippen LogP contribution in [0.4, 0.5) is 0 Å². The van der Waals surface area contributed by atoms with Gasteiger partial charge in [-0.2, -0.15) is 0 Å². The average Bonchev–Trinajstić information content (AvgIpc) is 1.58. The van der Waals surface area contributed by atoms with Crippen LogP contribution in [0.15, 0.2) is 215 Å². The number of alkyl halides is 2. The van der Waals surface area contributed by atoms with Gasteiger partial charge in [0.15, 0.2) is 6.79 Å². The number of hydrogen-bond acceptors (Lipinski definition) is 10. The maximum atomic E-state index is 12.5. The molecule has 0 aliphatic carbocycles. The zero-order chi connectivity index (χ0) is 72.1. The third-order valence-electron chi connectivity index (χ3n) is 17.5. The summed E-state index contributed by atoms with van der Waals surface area (Å²) in [7, 11) is -0.118. The predicted molar refractivity (Wildman–Crippen MR) is 423 cm³/mol. The molecule has 0 amide bonds. The number of phenolic OH excluding ortho intramolecular Hbond substituents is 2. The minimum absolute atomic E-state index is 0.00686. The summed E-state index contributed by atoms with van der Waals surface area (Å²) in [5, 5.41) is 51.4. The minimum Gasteiger partial charge on any atom is -0.505 e. The van der Waals surface area contributed by atoms with Gasteiger partial charge in [0.05, 0.1) is 72.3 Å². The first-order valence-electron chi connectivity index (χ1n) is 34.2. The molecule has 13 nitrogen and oxygen atoms in total. The van der Waals surface area contributed by atoms with Crippen LogP contribution in [0.1, 0.15) is 55.0 Å². The maximum absolute atomic E-state index is 12.5. The molecule has 0 radical (unpaired) electrons. The summed E-state index contributed by atoms with van der Waals surface area (Å²) in [4.78, 5) is 2.32. The Labute approximate surface area is 624 Å². The summed E-state index contributed by atoms with van der Waals surface area (Å²) in [5.74, 6) is 2.07. The second kappa shape index (κ2) is 34.6. The third kappa shape index (κ3) is 16.1. The molecule has 17 heteroatoms. The van der Waals surface area contributed by atoms with Crippen molar-refractivity contribution in [2.24, 2.45) is 0 Å². The molecule has 0 aliphatic heterocycles. The van der Waals surface area contributed by atoms with E-state index in [1.165, 1.54) is 23.5 Å². The number of halogens is 3. The molecule has 3 aromatic heterocycles. The Bertz CT molecular complexity index is 4900. The molecule has 0 spiro atoms. The van der Waals surface area contributed by atoms with Gasteiger partial charge in [-0.25, -0.2) is 0 Å². The molecular formula is C85H86BBr2IN3O10-. The van der Waals surface area contributed by atoms with Crippen molar-refractivity contribution in [2.45, 2.75) is 61.8 Å². The number of rotatable bonds is 21. The van der Waals surface area contributed by atoms with Crippen LogP contribution in [0.25, 0.3) is 105 Å². The van der Waals surface area contributed by atoms with Crippen molar-refractivity contribution in [2.75, 3.05) is 62.9 Å². The van der Waals surface area contributed by atoms with Gasteiger partial charge in [-0.1, -0.05) is 115 Å². The van der Waals surface area contributed by atoms with Gasteiger partial charge >= 0.3 is 51.0 Å². The van der Waals surface area contributed by atoms with Crippen molar-refractivity contribution in [3.05, 3.63) is 243 Å². The summed E-state index contributed by atoms with van der Waals surface area (Å²) in [6.45, 7) is 19.4. The molecular weight excluding hydrogens is 1520 g/mol. The number of aromatic nitrogens is 3. The number of hydrogen-bond donors (Lipinski definition) is 4. The van der Waals surface area contributed by atoms with Crippen LogP contribution in [-0.4, -0.2) is 104 Å². The van der Waals surface area contributed by atoms with Crippen molar-refractivity contribution in [3.63, 3.8) is 0 Å². The Morgan fingerprint density at radius 1 is 0.392 bits per heavy atom. The molecule has 11 aromatic carbocycles. The number of aromatic hydroxyl groups is 2. The summed E-state index contributed by atoms with van der Waals surface area (Å²) in [6.07, 6.45) is 1.39. The Morgan fingerprint density at radius 3 is 1.06 bits per heavy atom. The van der Waals surface area contributed by atoms with Gasteiger partial charge in [0, 0.05) is 80.4 Å². The number of para-hydroxylation sites is 6. The van der Waals surface area contributed by atoms with Crippen LogP contribution in [0, 0.1) is 34.6 Å². The van der Waals surface area contributed by atoms with Gasteiger partial charge in [-0.3, -0.25) is 0 Å². The van der Waals surface area contributed by atoms with E-state index in [4.69, 9.17) is 28.4 Å². The molecule has 14 aromatic rings. The standard InChI is InChI=1S/C49H42N2O4.C21H20BNO4.C11H14Br2O2.C4H10I/c1-5-54-22-23-55-49-39(37-24-31(3)28-45(47(37)52)50-41-18-10-6-14-33(41)34-15-7-11-19-42(34)50)26-30(2)27-40(49)38-25-32(4)29-46(48(38)53)51-43-20-12-8-16-35(43)36-17-9-13-21-44(36)51;1-14-11-17(22(24)25)21(27-13-26-2)20(12-14)23-18-9-5-3-7-15(18)16-8-4-6-10-19(16)23;1-3-14-4-5-15-11-9(12)6-8(2)7-10(11)13;1-3-4-5-2/h6-21,24-29,52-53H,5,22-23H2,1-4H3;3-12,24-25H,13H2,1-2H3;6-7H,3-5H2,1-2H3;3-4H2,1-2H3/q;;;-1. The first kappa shape index (κ1) is 74.6. The first-order chi connectivity index (χ1) is 49.5. The van der Waals surface area contributed by atoms with E-state index in [-0.39, 0.29) is 24.9 Å². The predicted octanol–water partition coefficient (Wildman–Crippen LogP) is 16.8. The molecule has 4 N–H and O–H groups in total. The molecule has 0 atom stereocenters. The second-order valence-corrected chi connectivity index (χ2v) is 29.2. The van der Waals surface area contributed by atoms with Crippen LogP contribution in [-0.2, 0) is 14.2 Å². The van der Waals surface area contributed by atoms with Crippen molar-refractivity contribution in [1.82, 2.24) is 13.7 Å². The van der Waals surface area contributed by atoms with Gasteiger partial charge in [0.2, 0.25) is 0 Å². The Kier molecular flexibility index (Phi) is 25.3. The normalized spacial score (nSPS) is 11.3. The van der Waals surface area contributed by atoms with Gasteiger partial charge in [0.25, 0.3) is 0 Å². The fraction of sp³-hybridized carbons (Fsp3) is 0.224. The van der Waals surface area contributed by atoms with E-state index < -0.39 is 7.12 Å². The maximum Gasteiger partial charge on any atom is 0.492 e. The minimum atomic E-state index is -1.65. The topological polar surface area (TPSA) is 151 Å². The molecule has 0 bridgehead atoms. The number of ether oxygens (including phenoxy) is 6. The fourth-order valence-corrected chi connectivity index (χ4v) is 16.0. The Balaban J connectivity index is 0.000000182. The smallest absolute Gasteiger partial charge is 0.492 e. The molecule has 0 fully saturated rings. The Morgan fingerprint density at radius 2 is 0.716 bits per heavy atom. The summed E-state index contributed by atoms with van der Waals surface area (Å²) in [6, 6.07) is 69.5. The van der Waals surface area contributed by atoms with E-state index in [9.17, 15) is 20.3 Å². The van der Waals surface area contributed by atoms with Gasteiger partial charge in [-0.05, 0) is 199 Å².